The van der Waals surface area contributed by atoms with E-state index in [1.807, 2.05) is 19.1 Å². The van der Waals surface area contributed by atoms with Crippen LogP contribution in [-0.2, 0) is 12.8 Å². The van der Waals surface area contributed by atoms with Crippen molar-refractivity contribution in [1.29, 1.82) is 0 Å². The standard InChI is InChI=1S/C16H25NO2/c1-11(2)17-12(3)15(18)10-19-16-9-5-7-13-6-4-8-14(13)16/h5,7,9,11-12,15,17-18H,4,6,8,10H2,1-3H3. The van der Waals surface area contributed by atoms with Crippen LogP contribution in [0.5, 0.6) is 5.75 Å². The summed E-state index contributed by atoms with van der Waals surface area (Å²) in [4.78, 5) is 0. The number of ether oxygens (including phenoxy) is 1. The summed E-state index contributed by atoms with van der Waals surface area (Å²) < 4.78 is 5.82. The Morgan fingerprint density at radius 3 is 2.79 bits per heavy atom. The van der Waals surface area contributed by atoms with Crippen LogP contribution in [0.2, 0.25) is 0 Å². The Kier molecular flexibility index (Phi) is 4.83. The molecule has 2 N–H and O–H groups in total. The molecule has 0 aromatic heterocycles. The number of aliphatic hydroxyl groups excluding tert-OH is 1. The van der Waals surface area contributed by atoms with Crippen LogP contribution in [0.3, 0.4) is 0 Å². The summed E-state index contributed by atoms with van der Waals surface area (Å²) in [6.07, 6.45) is 2.98. The van der Waals surface area contributed by atoms with Crippen molar-refractivity contribution in [2.45, 2.75) is 58.2 Å². The summed E-state index contributed by atoms with van der Waals surface area (Å²) in [5.74, 6) is 0.950. The molecule has 0 amide bonds. The molecule has 1 aliphatic rings. The molecule has 2 unspecified atom stereocenters. The number of hydrogen-bond acceptors (Lipinski definition) is 3. The average Bonchev–Trinajstić information content (AvgIpc) is 2.83. The van der Waals surface area contributed by atoms with E-state index >= 15 is 0 Å². The van der Waals surface area contributed by atoms with Crippen LogP contribution in [-0.4, -0.2) is 29.9 Å². The van der Waals surface area contributed by atoms with Gasteiger partial charge in [0, 0.05) is 12.1 Å². The van der Waals surface area contributed by atoms with Gasteiger partial charge in [-0.2, -0.15) is 0 Å². The van der Waals surface area contributed by atoms with Gasteiger partial charge >= 0.3 is 0 Å². The lowest BCUT2D eigenvalue weighted by atomic mass is 10.1. The first-order chi connectivity index (χ1) is 9.08. The maximum Gasteiger partial charge on any atom is 0.122 e. The molecule has 0 saturated heterocycles. The quantitative estimate of drug-likeness (QED) is 0.827. The summed E-state index contributed by atoms with van der Waals surface area (Å²) in [6, 6.07) is 6.63. The molecule has 2 atom stereocenters. The summed E-state index contributed by atoms with van der Waals surface area (Å²) in [5.41, 5.74) is 2.74. The van der Waals surface area contributed by atoms with Gasteiger partial charge in [-0.05, 0) is 43.4 Å². The molecule has 0 bridgehead atoms. The minimum atomic E-state index is -0.486. The molecule has 0 radical (unpaired) electrons. The van der Waals surface area contributed by atoms with Gasteiger partial charge in [0.25, 0.3) is 0 Å². The van der Waals surface area contributed by atoms with Gasteiger partial charge in [-0.3, -0.25) is 0 Å². The van der Waals surface area contributed by atoms with Gasteiger partial charge in [-0.25, -0.2) is 0 Å². The van der Waals surface area contributed by atoms with E-state index < -0.39 is 6.10 Å². The topological polar surface area (TPSA) is 41.5 Å². The van der Waals surface area contributed by atoms with Crippen molar-refractivity contribution in [3.05, 3.63) is 29.3 Å². The first-order valence-corrected chi connectivity index (χ1v) is 7.25. The van der Waals surface area contributed by atoms with Gasteiger partial charge in [-0.1, -0.05) is 26.0 Å². The molecule has 1 aromatic carbocycles. The third-order valence-electron chi connectivity index (χ3n) is 3.69. The van der Waals surface area contributed by atoms with E-state index in [0.717, 1.165) is 18.6 Å². The lowest BCUT2D eigenvalue weighted by Crippen LogP contribution is -2.43. The Bertz CT molecular complexity index is 417. The fourth-order valence-corrected chi connectivity index (χ4v) is 2.68. The molecular formula is C16H25NO2. The average molecular weight is 263 g/mol. The number of hydrogen-bond donors (Lipinski definition) is 2. The molecule has 3 heteroatoms. The molecule has 0 saturated carbocycles. The fourth-order valence-electron chi connectivity index (χ4n) is 2.68. The van der Waals surface area contributed by atoms with Crippen LogP contribution in [0.15, 0.2) is 18.2 Å². The second-order valence-electron chi connectivity index (χ2n) is 5.74. The van der Waals surface area contributed by atoms with Crippen molar-refractivity contribution in [3.63, 3.8) is 0 Å². The van der Waals surface area contributed by atoms with Crippen LogP contribution in [0, 0.1) is 0 Å². The monoisotopic (exact) mass is 263 g/mol. The highest BCUT2D eigenvalue weighted by Gasteiger charge is 2.18. The van der Waals surface area contributed by atoms with E-state index in [9.17, 15) is 5.11 Å². The molecule has 106 valence electrons. The second kappa shape index (κ2) is 6.40. The molecule has 0 aliphatic heterocycles. The van der Waals surface area contributed by atoms with Crippen molar-refractivity contribution < 1.29 is 9.84 Å². The maximum atomic E-state index is 10.1. The molecule has 2 rings (SSSR count). The minimum absolute atomic E-state index is 0.0387. The largest absolute Gasteiger partial charge is 0.491 e. The van der Waals surface area contributed by atoms with E-state index in [-0.39, 0.29) is 6.04 Å². The van der Waals surface area contributed by atoms with Gasteiger partial charge in [0.05, 0.1) is 0 Å². The maximum absolute atomic E-state index is 10.1. The number of nitrogens with one attached hydrogen (secondary N) is 1. The van der Waals surface area contributed by atoms with E-state index in [1.165, 1.54) is 17.5 Å². The molecule has 3 nitrogen and oxygen atoms in total. The highest BCUT2D eigenvalue weighted by atomic mass is 16.5. The van der Waals surface area contributed by atoms with E-state index in [1.54, 1.807) is 0 Å². The zero-order valence-corrected chi connectivity index (χ0v) is 12.1. The summed E-state index contributed by atoms with van der Waals surface area (Å²) >= 11 is 0. The zero-order valence-electron chi connectivity index (χ0n) is 12.1. The Hall–Kier alpha value is -1.06. The number of aryl methyl sites for hydroxylation is 1. The fraction of sp³-hybridized carbons (Fsp3) is 0.625. The Morgan fingerprint density at radius 2 is 2.05 bits per heavy atom. The number of benzene rings is 1. The Morgan fingerprint density at radius 1 is 1.26 bits per heavy atom. The predicted octanol–water partition coefficient (Wildman–Crippen LogP) is 2.30. The smallest absolute Gasteiger partial charge is 0.122 e. The highest BCUT2D eigenvalue weighted by molar-refractivity contribution is 5.43. The molecular weight excluding hydrogens is 238 g/mol. The Balaban J connectivity index is 1.90. The van der Waals surface area contributed by atoms with Gasteiger partial charge in [0.1, 0.15) is 18.5 Å². The lowest BCUT2D eigenvalue weighted by Gasteiger charge is -2.23. The van der Waals surface area contributed by atoms with Crippen molar-refractivity contribution in [2.75, 3.05) is 6.61 Å². The number of fused-ring (bicyclic) bond motifs is 1. The van der Waals surface area contributed by atoms with Gasteiger partial charge < -0.3 is 15.2 Å². The first-order valence-electron chi connectivity index (χ1n) is 7.25. The van der Waals surface area contributed by atoms with Crippen LogP contribution in [0.25, 0.3) is 0 Å². The molecule has 19 heavy (non-hydrogen) atoms. The third kappa shape index (κ3) is 3.71. The summed E-state index contributed by atoms with van der Waals surface area (Å²) in [5, 5.41) is 13.4. The number of aliphatic hydroxyl groups is 1. The summed E-state index contributed by atoms with van der Waals surface area (Å²) in [7, 11) is 0. The van der Waals surface area contributed by atoms with Crippen LogP contribution < -0.4 is 10.1 Å². The minimum Gasteiger partial charge on any atom is -0.491 e. The van der Waals surface area contributed by atoms with Gasteiger partial charge in [0.15, 0.2) is 0 Å². The van der Waals surface area contributed by atoms with Crippen molar-refractivity contribution in [3.8, 4) is 5.75 Å². The zero-order chi connectivity index (χ0) is 13.8. The van der Waals surface area contributed by atoms with Gasteiger partial charge in [-0.15, -0.1) is 0 Å². The Labute approximate surface area is 116 Å². The van der Waals surface area contributed by atoms with E-state index in [4.69, 9.17) is 4.74 Å². The first kappa shape index (κ1) is 14.4. The van der Waals surface area contributed by atoms with Gasteiger partial charge in [0.2, 0.25) is 0 Å². The van der Waals surface area contributed by atoms with Crippen molar-refractivity contribution >= 4 is 0 Å². The second-order valence-corrected chi connectivity index (χ2v) is 5.74. The van der Waals surface area contributed by atoms with Crippen molar-refractivity contribution in [2.24, 2.45) is 0 Å². The van der Waals surface area contributed by atoms with Crippen LogP contribution >= 0.6 is 0 Å². The molecule has 0 heterocycles. The molecule has 1 aliphatic carbocycles. The summed E-state index contributed by atoms with van der Waals surface area (Å²) in [6.45, 7) is 6.49. The molecule has 0 spiro atoms. The number of rotatable bonds is 6. The van der Waals surface area contributed by atoms with Crippen LogP contribution in [0.1, 0.15) is 38.3 Å². The molecule has 0 fully saturated rings. The third-order valence-corrected chi connectivity index (χ3v) is 3.69. The lowest BCUT2D eigenvalue weighted by molar-refractivity contribution is 0.0755. The highest BCUT2D eigenvalue weighted by Crippen LogP contribution is 2.30. The van der Waals surface area contributed by atoms with Crippen molar-refractivity contribution in [1.82, 2.24) is 5.32 Å². The van der Waals surface area contributed by atoms with E-state index in [2.05, 4.69) is 25.2 Å². The van der Waals surface area contributed by atoms with E-state index in [0.29, 0.717) is 12.6 Å². The SMILES string of the molecule is CC(C)NC(C)C(O)COc1cccc2c1CCC2. The predicted molar refractivity (Wildman–Crippen MR) is 77.7 cm³/mol. The van der Waals surface area contributed by atoms with Crippen LogP contribution in [0.4, 0.5) is 0 Å². The normalized spacial score (nSPS) is 17.3. The molecule has 1 aromatic rings.